The number of hydrogen-bond donors (Lipinski definition) is 0. The first-order valence-electron chi connectivity index (χ1n) is 5.21. The Balaban J connectivity index is 2.08. The van der Waals surface area contributed by atoms with Gasteiger partial charge in [-0.15, -0.1) is 0 Å². The number of halogens is 2. The van der Waals surface area contributed by atoms with Crippen molar-refractivity contribution in [2.75, 3.05) is 13.2 Å². The Bertz CT molecular complexity index is 406. The lowest BCUT2D eigenvalue weighted by molar-refractivity contribution is -0.130. The molecule has 0 amide bonds. The monoisotopic (exact) mass is 242 g/mol. The molecule has 0 radical (unpaired) electrons. The molecule has 1 unspecified atom stereocenters. The predicted octanol–water partition coefficient (Wildman–Crippen LogP) is 2.63. The molecule has 0 bridgehead atoms. The van der Waals surface area contributed by atoms with Gasteiger partial charge in [0.25, 0.3) is 0 Å². The Morgan fingerprint density at radius 2 is 2.31 bits per heavy atom. The van der Waals surface area contributed by atoms with Crippen LogP contribution < -0.4 is 0 Å². The average molecular weight is 243 g/mol. The second kappa shape index (κ2) is 4.93. The minimum absolute atomic E-state index is 0.106. The summed E-state index contributed by atoms with van der Waals surface area (Å²) in [4.78, 5) is 11.6. The molecule has 0 N–H and O–H groups in total. The van der Waals surface area contributed by atoms with Gasteiger partial charge in [-0.3, -0.25) is 4.79 Å². The smallest absolute Gasteiger partial charge is 0.142 e. The number of hydrogen-bond acceptors (Lipinski definition) is 2. The van der Waals surface area contributed by atoms with E-state index in [0.29, 0.717) is 26.1 Å². The van der Waals surface area contributed by atoms with E-state index in [1.165, 1.54) is 12.1 Å². The van der Waals surface area contributed by atoms with Gasteiger partial charge in [0.2, 0.25) is 0 Å². The third kappa shape index (κ3) is 2.60. The highest BCUT2D eigenvalue weighted by atomic mass is 35.5. The minimum Gasteiger partial charge on any atom is -0.380 e. The summed E-state index contributed by atoms with van der Waals surface area (Å²) < 4.78 is 18.4. The van der Waals surface area contributed by atoms with E-state index in [9.17, 15) is 9.18 Å². The fourth-order valence-electron chi connectivity index (χ4n) is 1.82. The van der Waals surface area contributed by atoms with Crippen molar-refractivity contribution < 1.29 is 13.9 Å². The van der Waals surface area contributed by atoms with Crippen LogP contribution in [0, 0.1) is 11.7 Å². The van der Waals surface area contributed by atoms with E-state index in [4.69, 9.17) is 16.3 Å². The van der Waals surface area contributed by atoms with Crippen LogP contribution in [0.15, 0.2) is 18.2 Å². The summed E-state index contributed by atoms with van der Waals surface area (Å²) in [6.07, 6.45) is 0.980. The number of ether oxygens (including phenoxy) is 1. The SMILES string of the molecule is O=C1CCOCC1Cc1ccc(Cl)c(F)c1. The van der Waals surface area contributed by atoms with Gasteiger partial charge in [0.1, 0.15) is 11.6 Å². The van der Waals surface area contributed by atoms with Gasteiger partial charge in [-0.1, -0.05) is 17.7 Å². The zero-order chi connectivity index (χ0) is 11.5. The topological polar surface area (TPSA) is 26.3 Å². The highest BCUT2D eigenvalue weighted by Crippen LogP contribution is 2.20. The molecule has 0 aromatic heterocycles. The molecule has 86 valence electrons. The van der Waals surface area contributed by atoms with Gasteiger partial charge in [0.05, 0.1) is 18.2 Å². The zero-order valence-corrected chi connectivity index (χ0v) is 9.47. The Morgan fingerprint density at radius 3 is 3.00 bits per heavy atom. The highest BCUT2D eigenvalue weighted by molar-refractivity contribution is 6.30. The van der Waals surface area contributed by atoms with Crippen molar-refractivity contribution in [3.8, 4) is 0 Å². The number of rotatable bonds is 2. The summed E-state index contributed by atoms with van der Waals surface area (Å²) >= 11 is 5.59. The molecule has 1 aromatic carbocycles. The predicted molar refractivity (Wildman–Crippen MR) is 59.0 cm³/mol. The van der Waals surface area contributed by atoms with Crippen molar-refractivity contribution in [2.24, 2.45) is 5.92 Å². The summed E-state index contributed by atoms with van der Waals surface area (Å²) in [6.45, 7) is 0.938. The van der Waals surface area contributed by atoms with Gasteiger partial charge in [-0.25, -0.2) is 4.39 Å². The quantitative estimate of drug-likeness (QED) is 0.797. The summed E-state index contributed by atoms with van der Waals surface area (Å²) in [5.74, 6) is -0.390. The number of Topliss-reactive ketones (excluding diaryl/α,β-unsaturated/α-hetero) is 1. The van der Waals surface area contributed by atoms with Crippen LogP contribution in [0.2, 0.25) is 5.02 Å². The van der Waals surface area contributed by atoms with E-state index in [-0.39, 0.29) is 16.7 Å². The van der Waals surface area contributed by atoms with Crippen LogP contribution in [-0.2, 0) is 16.0 Å². The van der Waals surface area contributed by atoms with Crippen LogP contribution in [0.4, 0.5) is 4.39 Å². The molecule has 1 atom stereocenters. The Morgan fingerprint density at radius 1 is 1.50 bits per heavy atom. The molecule has 4 heteroatoms. The summed E-state index contributed by atoms with van der Waals surface area (Å²) in [5, 5.41) is 0.106. The van der Waals surface area contributed by atoms with Crippen molar-refractivity contribution in [1.29, 1.82) is 0 Å². The molecule has 0 saturated carbocycles. The Kier molecular flexibility index (Phi) is 3.56. The number of carbonyl (C=O) groups is 1. The fraction of sp³-hybridized carbons (Fsp3) is 0.417. The molecular weight excluding hydrogens is 231 g/mol. The molecule has 2 rings (SSSR count). The third-order valence-electron chi connectivity index (χ3n) is 2.73. The standard InChI is InChI=1S/C12H12ClFO2/c13-10-2-1-8(6-11(10)14)5-9-7-16-4-3-12(9)15/h1-2,6,9H,3-5,7H2. The van der Waals surface area contributed by atoms with Crippen LogP contribution in [-0.4, -0.2) is 19.0 Å². The van der Waals surface area contributed by atoms with Crippen LogP contribution in [0.5, 0.6) is 0 Å². The van der Waals surface area contributed by atoms with Gasteiger partial charge in [0.15, 0.2) is 0 Å². The molecule has 1 heterocycles. The molecule has 0 aliphatic carbocycles. The molecule has 0 spiro atoms. The largest absolute Gasteiger partial charge is 0.380 e. The maximum atomic E-state index is 13.2. The maximum Gasteiger partial charge on any atom is 0.142 e. The van der Waals surface area contributed by atoms with Gasteiger partial charge in [0, 0.05) is 12.3 Å². The molecule has 16 heavy (non-hydrogen) atoms. The zero-order valence-electron chi connectivity index (χ0n) is 8.71. The Labute approximate surface area is 98.4 Å². The van der Waals surface area contributed by atoms with Gasteiger partial charge in [-0.2, -0.15) is 0 Å². The van der Waals surface area contributed by atoms with E-state index in [0.717, 1.165) is 5.56 Å². The molecule has 1 aliphatic heterocycles. The summed E-state index contributed by atoms with van der Waals surface area (Å²) in [6, 6.07) is 4.64. The van der Waals surface area contributed by atoms with Crippen molar-refractivity contribution >= 4 is 17.4 Å². The van der Waals surface area contributed by atoms with Gasteiger partial charge >= 0.3 is 0 Å². The van der Waals surface area contributed by atoms with Crippen LogP contribution in [0.3, 0.4) is 0 Å². The maximum absolute atomic E-state index is 13.2. The van der Waals surface area contributed by atoms with Crippen molar-refractivity contribution in [3.63, 3.8) is 0 Å². The van der Waals surface area contributed by atoms with Gasteiger partial charge < -0.3 is 4.74 Å². The molecular formula is C12H12ClFO2. The van der Waals surface area contributed by atoms with Crippen molar-refractivity contribution in [2.45, 2.75) is 12.8 Å². The van der Waals surface area contributed by atoms with Crippen molar-refractivity contribution in [1.82, 2.24) is 0 Å². The van der Waals surface area contributed by atoms with Crippen LogP contribution in [0.25, 0.3) is 0 Å². The molecule has 2 nitrogen and oxygen atoms in total. The van der Waals surface area contributed by atoms with E-state index in [1.54, 1.807) is 6.07 Å². The van der Waals surface area contributed by atoms with E-state index in [2.05, 4.69) is 0 Å². The summed E-state index contributed by atoms with van der Waals surface area (Å²) in [5.41, 5.74) is 0.783. The molecule has 1 saturated heterocycles. The third-order valence-corrected chi connectivity index (χ3v) is 3.04. The Hall–Kier alpha value is -0.930. The lowest BCUT2D eigenvalue weighted by Crippen LogP contribution is -2.29. The lowest BCUT2D eigenvalue weighted by atomic mass is 9.93. The average Bonchev–Trinajstić information content (AvgIpc) is 2.27. The molecule has 1 aliphatic rings. The summed E-state index contributed by atoms with van der Waals surface area (Å²) in [7, 11) is 0. The molecule has 1 aromatic rings. The van der Waals surface area contributed by atoms with E-state index in [1.807, 2.05) is 0 Å². The first-order chi connectivity index (χ1) is 7.66. The normalized spacial score (nSPS) is 21.1. The van der Waals surface area contributed by atoms with Crippen LogP contribution in [0.1, 0.15) is 12.0 Å². The molecule has 1 fully saturated rings. The van der Waals surface area contributed by atoms with E-state index >= 15 is 0 Å². The van der Waals surface area contributed by atoms with E-state index < -0.39 is 5.82 Å². The first-order valence-corrected chi connectivity index (χ1v) is 5.59. The number of ketones is 1. The number of benzene rings is 1. The number of carbonyl (C=O) groups excluding carboxylic acids is 1. The second-order valence-electron chi connectivity index (χ2n) is 3.94. The van der Waals surface area contributed by atoms with Crippen LogP contribution >= 0.6 is 11.6 Å². The fourth-order valence-corrected chi connectivity index (χ4v) is 1.94. The van der Waals surface area contributed by atoms with Gasteiger partial charge in [-0.05, 0) is 24.1 Å². The lowest BCUT2D eigenvalue weighted by Gasteiger charge is -2.20. The second-order valence-corrected chi connectivity index (χ2v) is 4.35. The highest BCUT2D eigenvalue weighted by Gasteiger charge is 2.23. The minimum atomic E-state index is -0.441. The van der Waals surface area contributed by atoms with Crippen molar-refractivity contribution in [3.05, 3.63) is 34.6 Å². The first kappa shape index (κ1) is 11.6.